The lowest BCUT2D eigenvalue weighted by Crippen LogP contribution is -2.66. The maximum atomic E-state index is 6.86. The Balaban J connectivity index is 1.22. The van der Waals surface area contributed by atoms with E-state index in [1.54, 1.807) is 5.56 Å². The zero-order valence-electron chi connectivity index (χ0n) is 22.9. The van der Waals surface area contributed by atoms with Crippen molar-refractivity contribution in [2.24, 2.45) is 17.3 Å². The Hall–Kier alpha value is -2.08. The van der Waals surface area contributed by atoms with Crippen LogP contribution in [0.1, 0.15) is 72.1 Å². The van der Waals surface area contributed by atoms with Crippen molar-refractivity contribution >= 4 is 10.9 Å². The molecule has 1 N–H and O–H groups in total. The number of benzene rings is 1. The summed E-state index contributed by atoms with van der Waals surface area (Å²) in [5.74, 6) is 2.08. The molecular formula is C32H39NO4. The van der Waals surface area contributed by atoms with E-state index in [0.29, 0.717) is 11.8 Å². The van der Waals surface area contributed by atoms with Crippen LogP contribution < -0.4 is 0 Å². The molecule has 3 aliphatic heterocycles. The topological polar surface area (TPSA) is 56.0 Å². The van der Waals surface area contributed by atoms with Crippen LogP contribution in [0, 0.1) is 17.3 Å². The Morgan fingerprint density at radius 2 is 1.84 bits per heavy atom. The molecule has 196 valence electrons. The number of aromatic amines is 1. The van der Waals surface area contributed by atoms with Crippen LogP contribution in [0.15, 0.2) is 47.7 Å². The van der Waals surface area contributed by atoms with E-state index >= 15 is 0 Å². The van der Waals surface area contributed by atoms with Crippen LogP contribution in [0.2, 0.25) is 0 Å². The molecule has 37 heavy (non-hydrogen) atoms. The van der Waals surface area contributed by atoms with Gasteiger partial charge in [0.15, 0.2) is 18.0 Å². The number of hydrogen-bond donors (Lipinski definition) is 1. The minimum Gasteiger partial charge on any atom is -0.486 e. The summed E-state index contributed by atoms with van der Waals surface area (Å²) in [6, 6.07) is 8.85. The fraction of sp³-hybridized carbons (Fsp3) is 0.625. The molecule has 0 amide bonds. The van der Waals surface area contributed by atoms with E-state index in [1.165, 1.54) is 41.4 Å². The molecule has 1 spiro atoms. The van der Waals surface area contributed by atoms with Crippen molar-refractivity contribution in [2.75, 3.05) is 0 Å². The SMILES string of the molecule is CC(C)=CC1OC2C(OC3=CC[C@@]4(C)C(CC[C@H]5Cc6c([nH]c7ccccc67)[C@@]54C)C34OC24)C(C)(C)O1. The Labute approximate surface area is 219 Å². The van der Waals surface area contributed by atoms with Gasteiger partial charge >= 0.3 is 0 Å². The molecule has 1 aromatic carbocycles. The average molecular weight is 502 g/mol. The quantitative estimate of drug-likeness (QED) is 0.367. The van der Waals surface area contributed by atoms with Gasteiger partial charge in [-0.3, -0.25) is 0 Å². The minimum atomic E-state index is -0.465. The molecule has 2 aromatic rings. The van der Waals surface area contributed by atoms with Crippen molar-refractivity contribution in [3.63, 3.8) is 0 Å². The molecule has 3 aliphatic carbocycles. The Morgan fingerprint density at radius 3 is 2.65 bits per heavy atom. The molecule has 4 heterocycles. The first-order valence-corrected chi connectivity index (χ1v) is 14.2. The molecule has 9 atom stereocenters. The van der Waals surface area contributed by atoms with Crippen molar-refractivity contribution in [3.05, 3.63) is 59.0 Å². The molecule has 8 rings (SSSR count). The number of ether oxygens (including phenoxy) is 4. The summed E-state index contributed by atoms with van der Waals surface area (Å²) in [6.45, 7) is 13.5. The summed E-state index contributed by atoms with van der Waals surface area (Å²) in [7, 11) is 0. The molecule has 3 saturated heterocycles. The second-order valence-corrected chi connectivity index (χ2v) is 13.8. The van der Waals surface area contributed by atoms with E-state index in [-0.39, 0.29) is 41.0 Å². The van der Waals surface area contributed by atoms with Gasteiger partial charge in [-0.25, -0.2) is 0 Å². The largest absolute Gasteiger partial charge is 0.486 e. The van der Waals surface area contributed by atoms with Gasteiger partial charge in [-0.05, 0) is 88.5 Å². The highest BCUT2D eigenvalue weighted by Gasteiger charge is 2.80. The Kier molecular flexibility index (Phi) is 4.27. The summed E-state index contributed by atoms with van der Waals surface area (Å²) < 4.78 is 26.6. The first kappa shape index (κ1) is 22.9. The molecule has 0 radical (unpaired) electrons. The number of fused-ring (bicyclic) bond motifs is 9. The van der Waals surface area contributed by atoms with E-state index < -0.39 is 5.60 Å². The molecule has 5 nitrogen and oxygen atoms in total. The monoisotopic (exact) mass is 501 g/mol. The van der Waals surface area contributed by atoms with Crippen molar-refractivity contribution in [3.8, 4) is 0 Å². The number of aromatic nitrogens is 1. The second kappa shape index (κ2) is 6.91. The summed E-state index contributed by atoms with van der Waals surface area (Å²) in [4.78, 5) is 3.91. The highest BCUT2D eigenvalue weighted by atomic mass is 16.8. The highest BCUT2D eigenvalue weighted by Crippen LogP contribution is 2.73. The number of nitrogens with one attached hydrogen (secondary N) is 1. The number of allylic oxidation sites excluding steroid dienone is 2. The highest BCUT2D eigenvalue weighted by molar-refractivity contribution is 5.86. The second-order valence-electron chi connectivity index (χ2n) is 13.8. The van der Waals surface area contributed by atoms with Crippen LogP contribution in [-0.2, 0) is 30.8 Å². The summed E-state index contributed by atoms with van der Waals surface area (Å²) in [5.41, 5.74) is 4.77. The third kappa shape index (κ3) is 2.62. The van der Waals surface area contributed by atoms with Crippen molar-refractivity contribution in [2.45, 2.75) is 108 Å². The van der Waals surface area contributed by atoms with Crippen LogP contribution in [0.25, 0.3) is 10.9 Å². The van der Waals surface area contributed by atoms with E-state index in [0.717, 1.165) is 12.2 Å². The van der Waals surface area contributed by atoms with E-state index in [2.05, 4.69) is 82.9 Å². The lowest BCUT2D eigenvalue weighted by molar-refractivity contribution is -0.310. The van der Waals surface area contributed by atoms with E-state index in [1.807, 2.05) is 0 Å². The first-order valence-electron chi connectivity index (χ1n) is 14.2. The fourth-order valence-electron chi connectivity index (χ4n) is 9.42. The third-order valence-electron chi connectivity index (χ3n) is 11.4. The third-order valence-corrected chi connectivity index (χ3v) is 11.4. The van der Waals surface area contributed by atoms with Crippen LogP contribution in [0.3, 0.4) is 0 Å². The standard InChI is InChI=1S/C32H39NO4/c1-17(2)15-24-35-25-27(29(3,4)36-24)34-23-13-14-30(5)22(32(23)28(25)37-32)12-11-18-16-20-19-9-7-8-10-21(19)33-26(20)31(18,30)6/h7-10,13,15,18,22,24-25,27-28,33H,11-12,14,16H2,1-6H3/t18-,22?,24?,25?,27?,28?,30-,31+,32?/m0/s1. The summed E-state index contributed by atoms with van der Waals surface area (Å²) in [5, 5.41) is 1.41. The normalized spacial score (nSPS) is 46.3. The summed E-state index contributed by atoms with van der Waals surface area (Å²) in [6.07, 6.45) is 8.36. The van der Waals surface area contributed by atoms with Crippen molar-refractivity contribution < 1.29 is 18.9 Å². The van der Waals surface area contributed by atoms with Gasteiger partial charge < -0.3 is 23.9 Å². The Morgan fingerprint density at radius 1 is 1.03 bits per heavy atom. The molecule has 1 saturated carbocycles. The van der Waals surface area contributed by atoms with Gasteiger partial charge in [0.2, 0.25) is 0 Å². The average Bonchev–Trinajstić information content (AvgIpc) is 3.37. The smallest absolute Gasteiger partial charge is 0.178 e. The maximum Gasteiger partial charge on any atom is 0.178 e. The Bertz CT molecular complexity index is 1380. The first-order chi connectivity index (χ1) is 17.6. The molecular weight excluding hydrogens is 462 g/mol. The molecule has 0 bridgehead atoms. The van der Waals surface area contributed by atoms with Gasteiger partial charge in [0, 0.05) is 27.9 Å². The van der Waals surface area contributed by atoms with Gasteiger partial charge in [-0.1, -0.05) is 37.6 Å². The number of H-pyrrole nitrogens is 1. The molecule has 4 fully saturated rings. The molecule has 1 aromatic heterocycles. The van der Waals surface area contributed by atoms with Gasteiger partial charge in [-0.2, -0.15) is 0 Å². The van der Waals surface area contributed by atoms with Crippen molar-refractivity contribution in [1.82, 2.24) is 4.98 Å². The number of para-hydroxylation sites is 1. The molecule has 5 heteroatoms. The van der Waals surface area contributed by atoms with Crippen molar-refractivity contribution in [1.29, 1.82) is 0 Å². The van der Waals surface area contributed by atoms with Crippen LogP contribution in [0.4, 0.5) is 0 Å². The lowest BCUT2D eigenvalue weighted by atomic mass is 9.44. The van der Waals surface area contributed by atoms with Crippen LogP contribution in [-0.4, -0.2) is 40.8 Å². The number of epoxide rings is 1. The van der Waals surface area contributed by atoms with Gasteiger partial charge in [0.1, 0.15) is 23.6 Å². The maximum absolute atomic E-state index is 6.86. The predicted molar refractivity (Wildman–Crippen MR) is 142 cm³/mol. The zero-order valence-corrected chi connectivity index (χ0v) is 22.9. The molecule has 6 aliphatic rings. The predicted octanol–water partition coefficient (Wildman–Crippen LogP) is 6.32. The van der Waals surface area contributed by atoms with Gasteiger partial charge in [0.25, 0.3) is 0 Å². The van der Waals surface area contributed by atoms with E-state index in [4.69, 9.17) is 18.9 Å². The number of hydrogen-bond acceptors (Lipinski definition) is 4. The van der Waals surface area contributed by atoms with Crippen LogP contribution >= 0.6 is 0 Å². The van der Waals surface area contributed by atoms with Crippen LogP contribution in [0.5, 0.6) is 0 Å². The summed E-state index contributed by atoms with van der Waals surface area (Å²) >= 11 is 0. The fourth-order valence-corrected chi connectivity index (χ4v) is 9.42. The number of rotatable bonds is 1. The van der Waals surface area contributed by atoms with Gasteiger partial charge in [0.05, 0.1) is 0 Å². The zero-order chi connectivity index (χ0) is 25.5. The lowest BCUT2D eigenvalue weighted by Gasteiger charge is -2.60. The minimum absolute atomic E-state index is 0.0158. The molecule has 6 unspecified atom stereocenters. The van der Waals surface area contributed by atoms with Gasteiger partial charge in [-0.15, -0.1) is 0 Å². The van der Waals surface area contributed by atoms with E-state index in [9.17, 15) is 0 Å².